The molecule has 4 atom stereocenters. The summed E-state index contributed by atoms with van der Waals surface area (Å²) in [5, 5.41) is 23.4. The minimum absolute atomic E-state index is 0.0890. The molecule has 2 unspecified atom stereocenters. The monoisotopic (exact) mass is 465 g/mol. The van der Waals surface area contributed by atoms with Gasteiger partial charge in [-0.25, -0.2) is 0 Å². The van der Waals surface area contributed by atoms with Gasteiger partial charge in [-0.2, -0.15) is 0 Å². The molecule has 2 fully saturated rings. The summed E-state index contributed by atoms with van der Waals surface area (Å²) in [6.07, 6.45) is -0.974. The van der Waals surface area contributed by atoms with Crippen LogP contribution in [0.4, 0.5) is 0 Å². The first-order valence-electron chi connectivity index (χ1n) is 12.2. The molecular formula is C31H31NO3. The number of Topliss-reactive ketones (excluding diaryl/α,β-unsaturated/α-hetero) is 1. The van der Waals surface area contributed by atoms with Crippen molar-refractivity contribution in [3.63, 3.8) is 0 Å². The largest absolute Gasteiger partial charge is 0.392 e. The fourth-order valence-corrected chi connectivity index (χ4v) is 6.15. The van der Waals surface area contributed by atoms with Gasteiger partial charge in [0.1, 0.15) is 11.9 Å². The van der Waals surface area contributed by atoms with Crippen LogP contribution in [0.1, 0.15) is 29.5 Å². The molecule has 0 amide bonds. The number of piperidine rings is 1. The number of rotatable bonds is 5. The molecule has 0 radical (unpaired) electrons. The lowest BCUT2D eigenvalue weighted by atomic mass is 9.53. The summed E-state index contributed by atoms with van der Waals surface area (Å²) in [6.45, 7) is 1.69. The van der Waals surface area contributed by atoms with E-state index in [1.807, 2.05) is 78.9 Å². The Hall–Kier alpha value is -3.23. The first kappa shape index (κ1) is 23.5. The van der Waals surface area contributed by atoms with Crippen LogP contribution in [0.15, 0.2) is 91.0 Å². The van der Waals surface area contributed by atoms with Gasteiger partial charge in [0.2, 0.25) is 0 Å². The molecule has 1 saturated carbocycles. The molecule has 0 aromatic heterocycles. The number of benzene rings is 3. The molecule has 4 nitrogen and oxygen atoms in total. The van der Waals surface area contributed by atoms with Gasteiger partial charge in [0, 0.05) is 43.5 Å². The molecule has 1 aliphatic heterocycles. The lowest BCUT2D eigenvalue weighted by Gasteiger charge is -2.59. The molecule has 4 heteroatoms. The Kier molecular flexibility index (Phi) is 6.58. The highest BCUT2D eigenvalue weighted by Crippen LogP contribution is 2.53. The third-order valence-electron chi connectivity index (χ3n) is 7.58. The van der Waals surface area contributed by atoms with Crippen molar-refractivity contribution in [1.82, 2.24) is 4.90 Å². The highest BCUT2D eigenvalue weighted by atomic mass is 16.3. The van der Waals surface area contributed by atoms with Crippen LogP contribution in [-0.2, 0) is 17.8 Å². The fourth-order valence-electron chi connectivity index (χ4n) is 6.15. The Morgan fingerprint density at radius 2 is 1.46 bits per heavy atom. The van der Waals surface area contributed by atoms with E-state index in [0.29, 0.717) is 32.5 Å². The zero-order chi connectivity index (χ0) is 24.3. The van der Waals surface area contributed by atoms with Crippen LogP contribution in [0.5, 0.6) is 0 Å². The number of hydrogen-bond donors (Lipinski definition) is 2. The Bertz CT molecular complexity index is 1220. The van der Waals surface area contributed by atoms with Crippen LogP contribution in [0.25, 0.3) is 0 Å². The number of nitrogens with zero attached hydrogens (tertiary/aromatic N) is 1. The van der Waals surface area contributed by atoms with Crippen molar-refractivity contribution in [3.05, 3.63) is 108 Å². The van der Waals surface area contributed by atoms with Crippen molar-refractivity contribution in [2.24, 2.45) is 10.8 Å². The van der Waals surface area contributed by atoms with Gasteiger partial charge >= 0.3 is 0 Å². The van der Waals surface area contributed by atoms with Crippen LogP contribution in [0, 0.1) is 22.7 Å². The number of carbonyl (C=O) groups is 1. The predicted octanol–water partition coefficient (Wildman–Crippen LogP) is 3.85. The molecule has 0 spiro atoms. The highest BCUT2D eigenvalue weighted by molar-refractivity contribution is 5.82. The van der Waals surface area contributed by atoms with E-state index in [2.05, 4.69) is 28.9 Å². The van der Waals surface area contributed by atoms with E-state index < -0.39 is 23.0 Å². The Morgan fingerprint density at radius 1 is 0.857 bits per heavy atom. The van der Waals surface area contributed by atoms with Crippen molar-refractivity contribution in [2.75, 3.05) is 13.1 Å². The first-order chi connectivity index (χ1) is 17.0. The first-order valence-corrected chi connectivity index (χ1v) is 12.2. The lowest BCUT2D eigenvalue weighted by molar-refractivity contribution is -0.197. The number of carbonyl (C=O) groups excluding carboxylic acids is 1. The van der Waals surface area contributed by atoms with Gasteiger partial charge in [-0.3, -0.25) is 9.69 Å². The molecule has 2 bridgehead atoms. The number of hydrogen-bond acceptors (Lipinski definition) is 4. The molecule has 1 heterocycles. The van der Waals surface area contributed by atoms with Gasteiger partial charge in [-0.05, 0) is 29.7 Å². The summed E-state index contributed by atoms with van der Waals surface area (Å²) >= 11 is 0. The second-order valence-electron chi connectivity index (χ2n) is 10.2. The van der Waals surface area contributed by atoms with Crippen molar-refractivity contribution in [3.8, 4) is 11.8 Å². The summed E-state index contributed by atoms with van der Waals surface area (Å²) < 4.78 is 0. The summed E-state index contributed by atoms with van der Waals surface area (Å²) in [4.78, 5) is 15.5. The van der Waals surface area contributed by atoms with Crippen molar-refractivity contribution < 1.29 is 15.0 Å². The topological polar surface area (TPSA) is 60.8 Å². The third-order valence-corrected chi connectivity index (χ3v) is 7.58. The van der Waals surface area contributed by atoms with Crippen molar-refractivity contribution >= 4 is 5.78 Å². The van der Waals surface area contributed by atoms with Gasteiger partial charge in [-0.15, -0.1) is 0 Å². The summed E-state index contributed by atoms with van der Waals surface area (Å²) in [7, 11) is 0. The Morgan fingerprint density at radius 3 is 2.11 bits per heavy atom. The summed E-state index contributed by atoms with van der Waals surface area (Å²) in [5.74, 6) is 6.15. The van der Waals surface area contributed by atoms with Gasteiger partial charge in [0.15, 0.2) is 0 Å². The van der Waals surface area contributed by atoms with E-state index in [0.717, 1.165) is 11.1 Å². The maximum Gasteiger partial charge on any atom is 0.134 e. The molecule has 1 aliphatic carbocycles. The fraction of sp³-hybridized carbons (Fsp3) is 0.323. The molecule has 35 heavy (non-hydrogen) atoms. The summed E-state index contributed by atoms with van der Waals surface area (Å²) in [5.41, 5.74) is 1.33. The van der Waals surface area contributed by atoms with Crippen LogP contribution in [0.3, 0.4) is 0 Å². The van der Waals surface area contributed by atoms with E-state index in [9.17, 15) is 15.0 Å². The van der Waals surface area contributed by atoms with E-state index in [1.54, 1.807) is 0 Å². The SMILES string of the molecule is O=C1C[C@]2(Cc3ccccc3)CN(Cc3ccccc3)C[C@](C(O)C#Cc3ccccc3)(C1)C2O. The zero-order valence-corrected chi connectivity index (χ0v) is 19.8. The highest BCUT2D eigenvalue weighted by Gasteiger charge is 2.62. The molecule has 5 rings (SSSR count). The maximum absolute atomic E-state index is 13.2. The average Bonchev–Trinajstić information content (AvgIpc) is 2.86. The van der Waals surface area contributed by atoms with Gasteiger partial charge < -0.3 is 10.2 Å². The Labute approximate surface area is 207 Å². The number of ketones is 1. The number of aliphatic hydroxyl groups is 2. The van der Waals surface area contributed by atoms with Gasteiger partial charge in [-0.1, -0.05) is 90.7 Å². The molecule has 3 aromatic carbocycles. The quantitative estimate of drug-likeness (QED) is 0.562. The predicted molar refractivity (Wildman–Crippen MR) is 136 cm³/mol. The van der Waals surface area contributed by atoms with E-state index in [4.69, 9.17) is 0 Å². The molecule has 2 aliphatic rings. The van der Waals surface area contributed by atoms with Crippen LogP contribution in [0.2, 0.25) is 0 Å². The lowest BCUT2D eigenvalue weighted by Crippen LogP contribution is -2.69. The molecular weight excluding hydrogens is 434 g/mol. The van der Waals surface area contributed by atoms with Crippen molar-refractivity contribution in [2.45, 2.75) is 38.0 Å². The zero-order valence-electron chi connectivity index (χ0n) is 19.8. The van der Waals surface area contributed by atoms with Gasteiger partial charge in [0.25, 0.3) is 0 Å². The smallest absolute Gasteiger partial charge is 0.134 e. The average molecular weight is 466 g/mol. The van der Waals surface area contributed by atoms with Crippen LogP contribution >= 0.6 is 0 Å². The molecule has 3 aromatic rings. The maximum atomic E-state index is 13.2. The van der Waals surface area contributed by atoms with Crippen molar-refractivity contribution in [1.29, 1.82) is 0 Å². The van der Waals surface area contributed by atoms with Crippen LogP contribution < -0.4 is 0 Å². The minimum Gasteiger partial charge on any atom is -0.392 e. The van der Waals surface area contributed by atoms with E-state index in [1.165, 1.54) is 5.56 Å². The second-order valence-corrected chi connectivity index (χ2v) is 10.2. The minimum atomic E-state index is -1.13. The molecule has 178 valence electrons. The molecule has 1 saturated heterocycles. The number of fused-ring (bicyclic) bond motifs is 2. The molecule has 2 N–H and O–H groups in total. The van der Waals surface area contributed by atoms with E-state index >= 15 is 0 Å². The number of aliphatic hydroxyl groups excluding tert-OH is 2. The van der Waals surface area contributed by atoms with E-state index in [-0.39, 0.29) is 12.2 Å². The Balaban J connectivity index is 1.54. The number of likely N-dealkylation sites (tertiary alicyclic amines) is 1. The summed E-state index contributed by atoms with van der Waals surface area (Å²) in [6, 6.07) is 29.8. The van der Waals surface area contributed by atoms with Gasteiger partial charge in [0.05, 0.1) is 11.5 Å². The second kappa shape index (κ2) is 9.79. The van der Waals surface area contributed by atoms with Crippen LogP contribution in [-0.4, -0.2) is 46.2 Å². The normalized spacial score (nSPS) is 27.0. The standard InChI is InChI=1S/C31H31NO3/c33-27-19-30(18-25-12-6-2-7-13-25)22-32(21-26-14-8-3-9-15-26)23-31(20-27,29(30)35)28(34)17-16-24-10-4-1-5-11-24/h1-15,28-29,34-35H,18-23H2/t28?,29?,30-,31+/m1/s1. The third kappa shape index (κ3) is 4.81.